The minimum absolute atomic E-state index is 0. The van der Waals surface area contributed by atoms with Gasteiger partial charge in [-0.2, -0.15) is 0 Å². The van der Waals surface area contributed by atoms with Crippen molar-refractivity contribution in [2.75, 3.05) is 20.6 Å². The van der Waals surface area contributed by atoms with Gasteiger partial charge in [0.15, 0.2) is 11.5 Å². The molecule has 4 heteroatoms. The lowest BCUT2D eigenvalue weighted by atomic mass is 10.1. The number of hydrogen-bond acceptors (Lipinski definition) is 3. The average molecular weight is 228 g/mol. The number of methoxy groups -OCH3 is 2. The first-order valence-electron chi connectivity index (χ1n) is 8.34. The molecule has 0 aliphatic carbocycles. The van der Waals surface area contributed by atoms with Crippen molar-refractivity contribution in [3.8, 4) is 11.5 Å². The molecule has 3 nitrogen and oxygen atoms in total. The van der Waals surface area contributed by atoms with Crippen LogP contribution in [0.2, 0.25) is 0 Å². The number of hydrogen-bond donors (Lipinski definition) is 1. The lowest BCUT2D eigenvalue weighted by Gasteiger charge is -2.08. The molecule has 14 heavy (non-hydrogen) atoms. The molecule has 1 rings (SSSR count). The van der Waals surface area contributed by atoms with Crippen LogP contribution in [0.3, 0.4) is 0 Å². The first-order valence-corrected chi connectivity index (χ1v) is 3.34. The monoisotopic (exact) mass is 227 g/mol. The summed E-state index contributed by atoms with van der Waals surface area (Å²) in [4.78, 5) is 0. The second-order valence-electron chi connectivity index (χ2n) is 2.13. The summed E-state index contributed by atoms with van der Waals surface area (Å²) >= 11 is 0. The Kier molecular flexibility index (Phi) is 1.82. The first kappa shape index (κ1) is 3.91. The molecule has 0 atom stereocenters. The highest BCUT2D eigenvalue weighted by Crippen LogP contribution is 2.27. The summed E-state index contributed by atoms with van der Waals surface area (Å²) in [6, 6.07) is 2.86. The van der Waals surface area contributed by atoms with E-state index in [0.717, 1.165) is 18.2 Å². The van der Waals surface area contributed by atoms with Crippen LogP contribution in [0.25, 0.3) is 0 Å². The maximum atomic E-state index is 7.72. The molecule has 1 aromatic rings. The quantitative estimate of drug-likeness (QED) is 0.851. The van der Waals surface area contributed by atoms with Gasteiger partial charge >= 0.3 is 0 Å². The largest absolute Gasteiger partial charge is 0.493 e. The standard InChI is InChI=1S/C10H15NO2.ClH/c1-12-9-4-3-8(5-6-11)7-10(9)13-2;/h3-4,7H,5-6,11H2,1-2H3;1H/i1D3,2D3,5D2,6D2;. The summed E-state index contributed by atoms with van der Waals surface area (Å²) < 4.78 is 81.6. The van der Waals surface area contributed by atoms with E-state index < -0.39 is 38.4 Å². The highest BCUT2D eigenvalue weighted by molar-refractivity contribution is 5.85. The van der Waals surface area contributed by atoms with Crippen LogP contribution in [-0.4, -0.2) is 20.6 Å². The molecule has 0 fully saturated rings. The molecule has 0 spiro atoms. The number of aryl methyl sites for hydroxylation is 1. The van der Waals surface area contributed by atoms with E-state index in [4.69, 9.17) is 19.4 Å². The Hall–Kier alpha value is -0.930. The van der Waals surface area contributed by atoms with E-state index in [9.17, 15) is 0 Å². The molecule has 0 bridgehead atoms. The van der Waals surface area contributed by atoms with Crippen LogP contribution in [0.4, 0.5) is 0 Å². The van der Waals surface area contributed by atoms with Crippen LogP contribution in [-0.2, 0) is 6.37 Å². The lowest BCUT2D eigenvalue weighted by molar-refractivity contribution is 0.354. The third-order valence-corrected chi connectivity index (χ3v) is 1.38. The molecular weight excluding hydrogens is 202 g/mol. The van der Waals surface area contributed by atoms with E-state index >= 15 is 0 Å². The van der Waals surface area contributed by atoms with E-state index in [1.807, 2.05) is 0 Å². The van der Waals surface area contributed by atoms with Crippen LogP contribution in [0.1, 0.15) is 19.3 Å². The van der Waals surface area contributed by atoms with Gasteiger partial charge in [-0.3, -0.25) is 0 Å². The van der Waals surface area contributed by atoms with Crippen LogP contribution < -0.4 is 15.2 Å². The SMILES string of the molecule is Cl.[2H]C([2H])([2H])Oc1ccc(C([2H])([2H])C([2H])([2H])N)cc1OC([2H])([2H])[2H]. The van der Waals surface area contributed by atoms with Crippen LogP contribution in [0.5, 0.6) is 11.5 Å². The average Bonchev–Trinajstić information content (AvgIpc) is 2.25. The zero-order valence-electron chi connectivity index (χ0n) is 17.0. The number of halogens is 1. The van der Waals surface area contributed by atoms with Crippen molar-refractivity contribution in [3.05, 3.63) is 23.8 Å². The van der Waals surface area contributed by atoms with Gasteiger partial charge in [-0.1, -0.05) is 6.07 Å². The maximum absolute atomic E-state index is 7.72. The fourth-order valence-electron chi connectivity index (χ4n) is 0.833. The topological polar surface area (TPSA) is 44.5 Å². The Labute approximate surface area is 105 Å². The molecule has 0 heterocycles. The molecule has 0 saturated carbocycles. The zero-order valence-corrected chi connectivity index (χ0v) is 7.85. The Morgan fingerprint density at radius 1 is 1.36 bits per heavy atom. The summed E-state index contributed by atoms with van der Waals surface area (Å²) in [7, 11) is -5.82. The minimum atomic E-state index is -2.94. The molecule has 0 aromatic heterocycles. The summed E-state index contributed by atoms with van der Waals surface area (Å²) in [6.07, 6.45) is -2.68. The number of benzene rings is 1. The summed E-state index contributed by atoms with van der Waals surface area (Å²) in [5.74, 6) is -1.01. The van der Waals surface area contributed by atoms with Gasteiger partial charge in [0.2, 0.25) is 0 Å². The zero-order chi connectivity index (χ0) is 18.3. The third-order valence-electron chi connectivity index (χ3n) is 1.38. The van der Waals surface area contributed by atoms with Gasteiger partial charge in [0, 0.05) is 5.48 Å². The normalized spacial score (nSPS) is 23.5. The number of rotatable bonds is 4. The Morgan fingerprint density at radius 2 is 2.07 bits per heavy atom. The van der Waals surface area contributed by atoms with Crippen molar-refractivity contribution in [2.45, 2.75) is 6.37 Å². The molecule has 1 aromatic carbocycles. The van der Waals surface area contributed by atoms with Crippen molar-refractivity contribution >= 4 is 12.4 Å². The van der Waals surface area contributed by atoms with Crippen molar-refractivity contribution in [3.63, 3.8) is 0 Å². The second-order valence-corrected chi connectivity index (χ2v) is 2.13. The molecule has 80 valence electrons. The molecule has 0 unspecified atom stereocenters. The molecular formula is C10H16ClNO2. The molecule has 0 aliphatic rings. The number of nitrogens with two attached hydrogens (primary N) is 1. The molecule has 0 aliphatic heterocycles. The van der Waals surface area contributed by atoms with Crippen molar-refractivity contribution < 1.29 is 23.2 Å². The highest BCUT2D eigenvalue weighted by atomic mass is 35.5. The van der Waals surface area contributed by atoms with Crippen molar-refractivity contribution in [2.24, 2.45) is 5.73 Å². The second kappa shape index (κ2) is 6.51. The van der Waals surface area contributed by atoms with Gasteiger partial charge in [0.1, 0.15) is 0 Å². The summed E-state index contributed by atoms with van der Waals surface area (Å²) in [6.45, 7) is -2.77. The molecule has 0 radical (unpaired) electrons. The first-order chi connectivity index (χ1) is 10.0. The number of ether oxygens (including phenoxy) is 2. The van der Waals surface area contributed by atoms with Crippen molar-refractivity contribution in [1.82, 2.24) is 0 Å². The fraction of sp³-hybridized carbons (Fsp3) is 0.400. The maximum Gasteiger partial charge on any atom is 0.160 e. The predicted octanol–water partition coefficient (Wildman–Crippen LogP) is 1.63. The van der Waals surface area contributed by atoms with Crippen molar-refractivity contribution in [1.29, 1.82) is 0 Å². The van der Waals surface area contributed by atoms with E-state index in [0.29, 0.717) is 0 Å². The predicted molar refractivity (Wildman–Crippen MR) is 59.6 cm³/mol. The highest BCUT2D eigenvalue weighted by Gasteiger charge is 2.03. The lowest BCUT2D eigenvalue weighted by Crippen LogP contribution is -2.03. The van der Waals surface area contributed by atoms with Crippen LogP contribution in [0.15, 0.2) is 18.2 Å². The van der Waals surface area contributed by atoms with Gasteiger partial charge < -0.3 is 15.2 Å². The molecule has 0 saturated heterocycles. The van der Waals surface area contributed by atoms with E-state index in [2.05, 4.69) is 9.47 Å². The van der Waals surface area contributed by atoms with E-state index in [1.54, 1.807) is 0 Å². The van der Waals surface area contributed by atoms with E-state index in [1.165, 1.54) is 0 Å². The van der Waals surface area contributed by atoms with Crippen LogP contribution >= 0.6 is 12.4 Å². The van der Waals surface area contributed by atoms with Gasteiger partial charge in [-0.05, 0) is 30.6 Å². The smallest absolute Gasteiger partial charge is 0.160 e. The Balaban J connectivity index is 0.00000529. The summed E-state index contributed by atoms with van der Waals surface area (Å²) in [5.41, 5.74) is 4.82. The fourth-order valence-corrected chi connectivity index (χ4v) is 0.833. The Bertz CT molecular complexity index is 566. The Morgan fingerprint density at radius 3 is 2.71 bits per heavy atom. The van der Waals surface area contributed by atoms with Crippen LogP contribution in [0, 0.1) is 0 Å². The third kappa shape index (κ3) is 3.09. The van der Waals surface area contributed by atoms with Gasteiger partial charge in [-0.15, -0.1) is 12.4 Å². The summed E-state index contributed by atoms with van der Waals surface area (Å²) in [5, 5.41) is 0. The van der Waals surface area contributed by atoms with Gasteiger partial charge in [0.05, 0.1) is 22.3 Å². The minimum Gasteiger partial charge on any atom is -0.493 e. The molecule has 2 N–H and O–H groups in total. The van der Waals surface area contributed by atoms with Gasteiger partial charge in [0.25, 0.3) is 0 Å². The molecule has 0 amide bonds. The van der Waals surface area contributed by atoms with E-state index in [-0.39, 0.29) is 18.0 Å². The van der Waals surface area contributed by atoms with Gasteiger partial charge in [-0.25, -0.2) is 0 Å².